The molecule has 0 saturated carbocycles. The Labute approximate surface area is 354 Å². The van der Waals surface area contributed by atoms with Crippen LogP contribution in [0.5, 0.6) is 0 Å². The monoisotopic (exact) mass is 847 g/mol. The number of allylic oxidation sites excluding steroid dienone is 12. The summed E-state index contributed by atoms with van der Waals surface area (Å²) >= 11 is 0. The average molecular weight is 848 g/mol. The van der Waals surface area contributed by atoms with E-state index in [0.29, 0.717) is 31.5 Å². The van der Waals surface area contributed by atoms with Crippen LogP contribution in [-0.4, -0.2) is 72.1 Å². The molecule has 3 unspecified atom stereocenters. The molecule has 1 aliphatic heterocycles. The van der Waals surface area contributed by atoms with Crippen LogP contribution in [-0.2, 0) is 42.2 Å². The Kier molecular flexibility index (Phi) is 33.2. The van der Waals surface area contributed by atoms with Gasteiger partial charge >= 0.3 is 25.7 Å². The second kappa shape index (κ2) is 36.5. The van der Waals surface area contributed by atoms with Gasteiger partial charge in [-0.05, 0) is 83.5 Å². The van der Waals surface area contributed by atoms with Crippen LogP contribution in [0.3, 0.4) is 0 Å². The minimum Gasteiger partial charge on any atom is -0.480 e. The van der Waals surface area contributed by atoms with Crippen molar-refractivity contribution >= 4 is 25.7 Å². The van der Waals surface area contributed by atoms with Crippen LogP contribution >= 0.6 is 7.82 Å². The Hall–Kier alpha value is -3.38. The topological polar surface area (TPSA) is 184 Å². The lowest BCUT2D eigenvalue weighted by Gasteiger charge is -2.20. The number of unbranched alkanes of at least 4 members (excludes halogenated alkanes) is 8. The van der Waals surface area contributed by atoms with Crippen molar-refractivity contribution < 1.29 is 52.2 Å². The largest absolute Gasteiger partial charge is 0.480 e. The van der Waals surface area contributed by atoms with E-state index in [4.69, 9.17) is 29.6 Å². The number of aliphatic carboxylic acids is 1. The van der Waals surface area contributed by atoms with E-state index in [1.807, 2.05) is 18.2 Å². The van der Waals surface area contributed by atoms with Crippen LogP contribution < -0.4 is 5.73 Å². The summed E-state index contributed by atoms with van der Waals surface area (Å²) < 4.78 is 38.3. The fraction of sp³-hybridized carbons (Fsp3) is 0.630. The van der Waals surface area contributed by atoms with E-state index in [0.717, 1.165) is 77.0 Å². The molecule has 0 amide bonds. The van der Waals surface area contributed by atoms with Crippen molar-refractivity contribution in [3.05, 3.63) is 85.1 Å². The number of rotatable bonds is 38. The summed E-state index contributed by atoms with van der Waals surface area (Å²) in [4.78, 5) is 45.9. The number of nitrogens with two attached hydrogens (primary N) is 1. The molecule has 0 aromatic heterocycles. The molecular weight excluding hydrogens is 773 g/mol. The molecule has 334 valence electrons. The van der Waals surface area contributed by atoms with E-state index in [1.165, 1.54) is 19.3 Å². The zero-order valence-electron chi connectivity index (χ0n) is 35.7. The van der Waals surface area contributed by atoms with Gasteiger partial charge < -0.3 is 29.9 Å². The maximum atomic E-state index is 12.6. The van der Waals surface area contributed by atoms with Crippen LogP contribution in [0, 0.1) is 0 Å². The molecule has 0 bridgehead atoms. The van der Waals surface area contributed by atoms with Crippen molar-refractivity contribution in [2.24, 2.45) is 5.73 Å². The Bertz CT molecular complexity index is 1390. The van der Waals surface area contributed by atoms with Gasteiger partial charge in [-0.2, -0.15) is 0 Å². The van der Waals surface area contributed by atoms with Gasteiger partial charge in [0, 0.05) is 12.8 Å². The maximum Gasteiger partial charge on any atom is 0.472 e. The third-order valence-corrected chi connectivity index (χ3v) is 9.99. The first-order chi connectivity index (χ1) is 28.6. The number of carbonyl (C=O) groups excluding carboxylic acids is 2. The highest BCUT2D eigenvalue weighted by atomic mass is 31.2. The maximum absolute atomic E-state index is 12.6. The Morgan fingerprint density at radius 2 is 1.14 bits per heavy atom. The van der Waals surface area contributed by atoms with E-state index >= 15 is 0 Å². The highest BCUT2D eigenvalue weighted by Gasteiger charge is 2.36. The third kappa shape index (κ3) is 34.1. The zero-order valence-corrected chi connectivity index (χ0v) is 36.6. The Morgan fingerprint density at radius 3 is 1.73 bits per heavy atom. The number of epoxide rings is 1. The molecule has 1 fully saturated rings. The average Bonchev–Trinajstić information content (AvgIpc) is 3.97. The van der Waals surface area contributed by atoms with E-state index < -0.39 is 57.7 Å². The van der Waals surface area contributed by atoms with Crippen molar-refractivity contribution in [1.29, 1.82) is 0 Å². The molecule has 59 heavy (non-hydrogen) atoms. The summed E-state index contributed by atoms with van der Waals surface area (Å²) in [6.45, 7) is 2.54. The van der Waals surface area contributed by atoms with Crippen LogP contribution in [0.1, 0.15) is 142 Å². The molecule has 1 rings (SSSR count). The van der Waals surface area contributed by atoms with Gasteiger partial charge in [0.15, 0.2) is 6.10 Å². The van der Waals surface area contributed by atoms with Crippen LogP contribution in [0.2, 0.25) is 0 Å². The highest BCUT2D eigenvalue weighted by Crippen LogP contribution is 2.43. The predicted molar refractivity (Wildman–Crippen MR) is 235 cm³/mol. The lowest BCUT2D eigenvalue weighted by molar-refractivity contribution is -0.161. The molecule has 0 radical (unpaired) electrons. The fourth-order valence-corrected chi connectivity index (χ4v) is 6.29. The number of phosphoric ester groups is 1. The molecule has 0 spiro atoms. The molecule has 4 N–H and O–H groups in total. The number of ether oxygens (including phenoxy) is 3. The molecule has 12 nitrogen and oxygen atoms in total. The van der Waals surface area contributed by atoms with Gasteiger partial charge in [0.2, 0.25) is 0 Å². The molecule has 13 heteroatoms. The number of phosphoric acid groups is 1. The van der Waals surface area contributed by atoms with E-state index in [-0.39, 0.29) is 12.8 Å². The SMILES string of the molecule is CC/C=C\CC1OC1C/C=C\C/C=C\C/C=C\C/C=C\CCC(=O)O[C@H](COC(=O)CCCCCCC/C=C\C/C=C\CCCCC)COP(=O)(O)OC[C@H](N)C(=O)O. The number of hydrogen-bond acceptors (Lipinski definition) is 10. The van der Waals surface area contributed by atoms with Gasteiger partial charge in [-0.1, -0.05) is 131 Å². The minimum atomic E-state index is -4.75. The number of carbonyl (C=O) groups is 3. The van der Waals surface area contributed by atoms with Gasteiger partial charge in [0.25, 0.3) is 0 Å². The van der Waals surface area contributed by atoms with Crippen molar-refractivity contribution in [3.63, 3.8) is 0 Å². The first kappa shape index (κ1) is 53.6. The van der Waals surface area contributed by atoms with Gasteiger partial charge in [0.05, 0.1) is 25.4 Å². The molecular formula is C46H74NO11P. The molecule has 1 saturated heterocycles. The molecule has 0 aromatic carbocycles. The summed E-state index contributed by atoms with van der Waals surface area (Å²) in [7, 11) is -4.75. The molecule has 1 aliphatic rings. The summed E-state index contributed by atoms with van der Waals surface area (Å²) in [5.74, 6) is -2.52. The fourth-order valence-electron chi connectivity index (χ4n) is 5.51. The van der Waals surface area contributed by atoms with Gasteiger partial charge in [0.1, 0.15) is 12.6 Å². The molecule has 1 heterocycles. The van der Waals surface area contributed by atoms with Crippen molar-refractivity contribution in [2.45, 2.75) is 167 Å². The molecule has 0 aliphatic carbocycles. The normalized spacial score (nSPS) is 18.0. The Balaban J connectivity index is 2.35. The van der Waals surface area contributed by atoms with E-state index in [9.17, 15) is 23.8 Å². The van der Waals surface area contributed by atoms with Crippen molar-refractivity contribution in [3.8, 4) is 0 Å². The van der Waals surface area contributed by atoms with Crippen LogP contribution in [0.15, 0.2) is 85.1 Å². The Morgan fingerprint density at radius 1 is 0.627 bits per heavy atom. The second-order valence-corrected chi connectivity index (χ2v) is 15.9. The van der Waals surface area contributed by atoms with Gasteiger partial charge in [-0.25, -0.2) is 4.57 Å². The lowest BCUT2D eigenvalue weighted by atomic mass is 10.1. The predicted octanol–water partition coefficient (Wildman–Crippen LogP) is 10.5. The first-order valence-corrected chi connectivity index (χ1v) is 23.2. The minimum absolute atomic E-state index is 0.0249. The smallest absolute Gasteiger partial charge is 0.472 e. The van der Waals surface area contributed by atoms with Crippen LogP contribution in [0.4, 0.5) is 0 Å². The van der Waals surface area contributed by atoms with Gasteiger partial charge in [-0.3, -0.25) is 23.4 Å². The second-order valence-electron chi connectivity index (χ2n) is 14.5. The van der Waals surface area contributed by atoms with E-state index in [1.54, 1.807) is 0 Å². The van der Waals surface area contributed by atoms with Gasteiger partial charge in [-0.15, -0.1) is 0 Å². The molecule has 0 aromatic rings. The quantitative estimate of drug-likeness (QED) is 0.0176. The third-order valence-electron chi connectivity index (χ3n) is 9.04. The summed E-state index contributed by atoms with van der Waals surface area (Å²) in [6.07, 6.45) is 47.0. The number of esters is 2. The van der Waals surface area contributed by atoms with Crippen molar-refractivity contribution in [1.82, 2.24) is 0 Å². The molecule has 5 atom stereocenters. The van der Waals surface area contributed by atoms with E-state index in [2.05, 4.69) is 85.2 Å². The number of hydrogen-bond donors (Lipinski definition) is 3. The number of carboxylic acids is 1. The summed E-state index contributed by atoms with van der Waals surface area (Å²) in [5, 5.41) is 8.89. The summed E-state index contributed by atoms with van der Waals surface area (Å²) in [6, 6.07) is -1.54. The lowest BCUT2D eigenvalue weighted by Crippen LogP contribution is -2.34. The zero-order chi connectivity index (χ0) is 43.2. The summed E-state index contributed by atoms with van der Waals surface area (Å²) in [5.41, 5.74) is 5.33. The van der Waals surface area contributed by atoms with Crippen molar-refractivity contribution in [2.75, 3.05) is 19.8 Å². The van der Waals surface area contributed by atoms with Crippen LogP contribution in [0.25, 0.3) is 0 Å². The first-order valence-electron chi connectivity index (χ1n) is 21.7. The highest BCUT2D eigenvalue weighted by molar-refractivity contribution is 7.47. The number of carboxylic acid groups (broad SMARTS) is 1. The standard InChI is InChI=1S/C46H74NO11P/c1-3-5-7-8-9-10-11-12-13-14-18-21-24-27-31-35-44(48)54-37-40(38-55-59(52,53)56-39-41(47)46(50)51)57-45(49)36-32-28-25-22-19-16-15-17-20-23-26-30-34-43-42(58-43)33-29-6-4-2/h6,9-10,12-13,16-17,19-20,25-26,28-30,40-43H,3-5,7-8,11,14-15,18,21-24,27,31-39,47H2,1-2H3,(H,50,51)(H,52,53)/b10-9-,13-12-,19-16-,20-17-,28-25-,29-6-,30-26-/t40-,41+,42?,43?/m1/s1.